The molecule has 1 heterocycles. The fraction of sp³-hybridized carbons (Fsp3) is 0.353. The summed E-state index contributed by atoms with van der Waals surface area (Å²) in [6.07, 6.45) is 0.605. The van der Waals surface area contributed by atoms with Crippen LogP contribution in [0.2, 0.25) is 0 Å². The standard InChI is InChI=1S/C17H21NO2S/c1-13-5-7-14(8-6-13)9-10-17(20)18(2)12-15(19)16-4-3-11-21-16/h3-8,11,15,19H,9-10,12H2,1-2H3. The Hall–Kier alpha value is -1.65. The zero-order valence-electron chi connectivity index (χ0n) is 12.5. The fourth-order valence-corrected chi connectivity index (χ4v) is 2.83. The van der Waals surface area contributed by atoms with Gasteiger partial charge in [0, 0.05) is 18.3 Å². The molecule has 21 heavy (non-hydrogen) atoms. The van der Waals surface area contributed by atoms with E-state index in [-0.39, 0.29) is 5.91 Å². The highest BCUT2D eigenvalue weighted by molar-refractivity contribution is 7.10. The monoisotopic (exact) mass is 303 g/mol. The van der Waals surface area contributed by atoms with Crippen molar-refractivity contribution in [3.05, 3.63) is 57.8 Å². The second-order valence-corrected chi connectivity index (χ2v) is 6.27. The van der Waals surface area contributed by atoms with Gasteiger partial charge in [-0.1, -0.05) is 35.9 Å². The summed E-state index contributed by atoms with van der Waals surface area (Å²) in [5.41, 5.74) is 2.39. The average molecular weight is 303 g/mol. The van der Waals surface area contributed by atoms with Crippen molar-refractivity contribution in [1.82, 2.24) is 4.90 Å². The summed E-state index contributed by atoms with van der Waals surface area (Å²) in [5.74, 6) is 0.0613. The molecule has 2 aromatic rings. The number of carbonyl (C=O) groups is 1. The predicted molar refractivity (Wildman–Crippen MR) is 86.4 cm³/mol. The molecule has 0 aliphatic rings. The van der Waals surface area contributed by atoms with Crippen LogP contribution in [0.5, 0.6) is 0 Å². The molecule has 1 atom stereocenters. The summed E-state index contributed by atoms with van der Waals surface area (Å²) < 4.78 is 0. The second-order valence-electron chi connectivity index (χ2n) is 5.29. The molecule has 0 fully saturated rings. The molecule has 0 radical (unpaired) electrons. The van der Waals surface area contributed by atoms with Crippen molar-refractivity contribution in [2.75, 3.05) is 13.6 Å². The van der Waals surface area contributed by atoms with Crippen LogP contribution in [-0.2, 0) is 11.2 Å². The van der Waals surface area contributed by atoms with Crippen LogP contribution >= 0.6 is 11.3 Å². The van der Waals surface area contributed by atoms with Crippen LogP contribution in [0.4, 0.5) is 0 Å². The van der Waals surface area contributed by atoms with Crippen LogP contribution < -0.4 is 0 Å². The van der Waals surface area contributed by atoms with Crippen molar-refractivity contribution < 1.29 is 9.90 Å². The molecule has 0 saturated carbocycles. The quantitative estimate of drug-likeness (QED) is 0.890. The molecular weight excluding hydrogens is 282 g/mol. The Kier molecular flexibility index (Phi) is 5.53. The van der Waals surface area contributed by atoms with E-state index in [1.165, 1.54) is 22.5 Å². The highest BCUT2D eigenvalue weighted by atomic mass is 32.1. The molecule has 1 N–H and O–H groups in total. The molecule has 0 aliphatic carbocycles. The van der Waals surface area contributed by atoms with E-state index in [1.807, 2.05) is 17.5 Å². The lowest BCUT2D eigenvalue weighted by atomic mass is 10.1. The maximum absolute atomic E-state index is 12.1. The van der Waals surface area contributed by atoms with E-state index in [2.05, 4.69) is 31.2 Å². The molecule has 112 valence electrons. The number of carbonyl (C=O) groups excluding carboxylic acids is 1. The topological polar surface area (TPSA) is 40.5 Å². The van der Waals surface area contributed by atoms with Crippen molar-refractivity contribution in [3.8, 4) is 0 Å². The summed E-state index contributed by atoms with van der Waals surface area (Å²) in [6.45, 7) is 2.39. The van der Waals surface area contributed by atoms with Gasteiger partial charge in [0.2, 0.25) is 5.91 Å². The molecule has 0 aliphatic heterocycles. The van der Waals surface area contributed by atoms with E-state index in [4.69, 9.17) is 0 Å². The highest BCUT2D eigenvalue weighted by Crippen LogP contribution is 2.19. The summed E-state index contributed by atoms with van der Waals surface area (Å²) in [4.78, 5) is 14.6. The molecule has 4 heteroatoms. The van der Waals surface area contributed by atoms with E-state index < -0.39 is 6.10 Å². The first-order chi connectivity index (χ1) is 10.1. The summed E-state index contributed by atoms with van der Waals surface area (Å²) in [7, 11) is 1.74. The lowest BCUT2D eigenvalue weighted by Gasteiger charge is -2.20. The zero-order valence-corrected chi connectivity index (χ0v) is 13.3. The van der Waals surface area contributed by atoms with E-state index in [0.29, 0.717) is 13.0 Å². The number of aliphatic hydroxyl groups excluding tert-OH is 1. The third-order valence-corrected chi connectivity index (χ3v) is 4.47. The molecule has 0 bridgehead atoms. The minimum absolute atomic E-state index is 0.0613. The maximum atomic E-state index is 12.1. The lowest BCUT2D eigenvalue weighted by molar-refractivity contribution is -0.131. The van der Waals surface area contributed by atoms with Crippen LogP contribution in [0.1, 0.15) is 28.5 Å². The Morgan fingerprint density at radius 3 is 2.62 bits per heavy atom. The van der Waals surface area contributed by atoms with Crippen LogP contribution in [0.15, 0.2) is 41.8 Å². The molecule has 1 amide bonds. The van der Waals surface area contributed by atoms with Gasteiger partial charge in [0.15, 0.2) is 0 Å². The SMILES string of the molecule is Cc1ccc(CCC(=O)N(C)CC(O)c2cccs2)cc1. The Morgan fingerprint density at radius 1 is 1.29 bits per heavy atom. The van der Waals surface area contributed by atoms with Gasteiger partial charge in [-0.2, -0.15) is 0 Å². The van der Waals surface area contributed by atoms with Crippen LogP contribution in [0.3, 0.4) is 0 Å². The molecule has 1 aromatic heterocycles. The summed E-state index contributed by atoms with van der Waals surface area (Å²) in [5, 5.41) is 12.0. The largest absolute Gasteiger partial charge is 0.386 e. The van der Waals surface area contributed by atoms with Crippen LogP contribution in [0, 0.1) is 6.92 Å². The van der Waals surface area contributed by atoms with Crippen molar-refractivity contribution in [2.24, 2.45) is 0 Å². The van der Waals surface area contributed by atoms with E-state index in [1.54, 1.807) is 11.9 Å². The maximum Gasteiger partial charge on any atom is 0.222 e. The number of likely N-dealkylation sites (N-methyl/N-ethyl adjacent to an activating group) is 1. The van der Waals surface area contributed by atoms with Crippen LogP contribution in [-0.4, -0.2) is 29.5 Å². The number of rotatable bonds is 6. The fourth-order valence-electron chi connectivity index (χ4n) is 2.13. The van der Waals surface area contributed by atoms with Gasteiger partial charge in [0.05, 0.1) is 6.54 Å². The number of amides is 1. The van der Waals surface area contributed by atoms with Gasteiger partial charge in [-0.15, -0.1) is 11.3 Å². The molecule has 1 unspecified atom stereocenters. The number of nitrogens with zero attached hydrogens (tertiary/aromatic N) is 1. The highest BCUT2D eigenvalue weighted by Gasteiger charge is 2.15. The van der Waals surface area contributed by atoms with Gasteiger partial charge in [0.25, 0.3) is 0 Å². The number of aliphatic hydroxyl groups is 1. The molecule has 3 nitrogen and oxygen atoms in total. The smallest absolute Gasteiger partial charge is 0.222 e. The Morgan fingerprint density at radius 2 is 2.00 bits per heavy atom. The third kappa shape index (κ3) is 4.69. The molecular formula is C17H21NO2S. The van der Waals surface area contributed by atoms with Gasteiger partial charge in [0.1, 0.15) is 6.10 Å². The first-order valence-electron chi connectivity index (χ1n) is 7.07. The average Bonchev–Trinajstić information content (AvgIpc) is 3.00. The predicted octanol–water partition coefficient (Wildman–Crippen LogP) is 3.18. The van der Waals surface area contributed by atoms with E-state index in [9.17, 15) is 9.90 Å². The van der Waals surface area contributed by atoms with Gasteiger partial charge in [-0.3, -0.25) is 4.79 Å². The van der Waals surface area contributed by atoms with Crippen molar-refractivity contribution >= 4 is 17.2 Å². The minimum Gasteiger partial charge on any atom is -0.386 e. The van der Waals surface area contributed by atoms with Crippen molar-refractivity contribution in [2.45, 2.75) is 25.9 Å². The number of thiophene rings is 1. The number of aryl methyl sites for hydroxylation is 2. The minimum atomic E-state index is -0.599. The number of benzene rings is 1. The molecule has 1 aromatic carbocycles. The normalized spacial score (nSPS) is 12.1. The first-order valence-corrected chi connectivity index (χ1v) is 7.95. The number of hydrogen-bond donors (Lipinski definition) is 1. The van der Waals surface area contributed by atoms with E-state index >= 15 is 0 Å². The first kappa shape index (κ1) is 15.7. The second kappa shape index (κ2) is 7.38. The summed E-state index contributed by atoms with van der Waals surface area (Å²) in [6, 6.07) is 12.0. The Labute approximate surface area is 129 Å². The Bertz CT molecular complexity index is 563. The van der Waals surface area contributed by atoms with Gasteiger partial charge < -0.3 is 10.0 Å². The van der Waals surface area contributed by atoms with Crippen molar-refractivity contribution in [1.29, 1.82) is 0 Å². The number of hydrogen-bond acceptors (Lipinski definition) is 3. The molecule has 0 spiro atoms. The third-order valence-electron chi connectivity index (χ3n) is 3.49. The summed E-state index contributed by atoms with van der Waals surface area (Å²) >= 11 is 1.51. The van der Waals surface area contributed by atoms with Crippen LogP contribution in [0.25, 0.3) is 0 Å². The zero-order chi connectivity index (χ0) is 15.2. The van der Waals surface area contributed by atoms with Crippen molar-refractivity contribution in [3.63, 3.8) is 0 Å². The lowest BCUT2D eigenvalue weighted by Crippen LogP contribution is -2.31. The van der Waals surface area contributed by atoms with Gasteiger partial charge in [-0.25, -0.2) is 0 Å². The molecule has 2 rings (SSSR count). The van der Waals surface area contributed by atoms with Gasteiger partial charge >= 0.3 is 0 Å². The van der Waals surface area contributed by atoms with Gasteiger partial charge in [-0.05, 0) is 30.4 Å². The Balaban J connectivity index is 1.81. The van der Waals surface area contributed by atoms with E-state index in [0.717, 1.165) is 11.3 Å². The molecule has 0 saturated heterocycles.